The Balaban J connectivity index is 1.32. The molecule has 7 heteroatoms. The number of rotatable bonds is 7. The van der Waals surface area contributed by atoms with Crippen molar-refractivity contribution in [1.29, 1.82) is 0 Å². The van der Waals surface area contributed by atoms with Gasteiger partial charge in [0.2, 0.25) is 0 Å². The van der Waals surface area contributed by atoms with Crippen LogP contribution in [0.4, 0.5) is 24.5 Å². The Morgan fingerprint density at radius 2 is 1.39 bits per heavy atom. The number of piperazine rings is 1. The highest BCUT2D eigenvalue weighted by atomic mass is 19.4. The molecular formula is C26H29F3N4. The average Bonchev–Trinajstić information content (AvgIpc) is 2.82. The average molecular weight is 455 g/mol. The Hall–Kier alpha value is -3.03. The molecule has 0 aliphatic carbocycles. The lowest BCUT2D eigenvalue weighted by Crippen LogP contribution is -2.48. The van der Waals surface area contributed by atoms with Gasteiger partial charge < -0.3 is 11.1 Å². The van der Waals surface area contributed by atoms with E-state index < -0.39 is 11.7 Å². The van der Waals surface area contributed by atoms with Gasteiger partial charge in [-0.1, -0.05) is 60.7 Å². The van der Waals surface area contributed by atoms with Crippen molar-refractivity contribution in [2.75, 3.05) is 50.3 Å². The SMILES string of the molecule is Nc1cc(C(F)(F)F)ccc1NCCN1CCN(C(c2ccccc2)c2ccccc2)CC1. The van der Waals surface area contributed by atoms with Gasteiger partial charge in [-0.25, -0.2) is 0 Å². The maximum Gasteiger partial charge on any atom is 0.416 e. The van der Waals surface area contributed by atoms with Crippen LogP contribution in [0, 0.1) is 0 Å². The smallest absolute Gasteiger partial charge is 0.397 e. The van der Waals surface area contributed by atoms with Crippen molar-refractivity contribution in [2.45, 2.75) is 12.2 Å². The molecule has 1 saturated heterocycles. The van der Waals surface area contributed by atoms with E-state index in [2.05, 4.69) is 63.6 Å². The molecule has 3 aromatic rings. The van der Waals surface area contributed by atoms with Gasteiger partial charge in [0.25, 0.3) is 0 Å². The predicted molar refractivity (Wildman–Crippen MR) is 127 cm³/mol. The molecule has 0 spiro atoms. The Kier molecular flexibility index (Phi) is 7.20. The van der Waals surface area contributed by atoms with Gasteiger partial charge in [0, 0.05) is 39.3 Å². The zero-order valence-corrected chi connectivity index (χ0v) is 18.4. The molecular weight excluding hydrogens is 425 g/mol. The highest BCUT2D eigenvalue weighted by Gasteiger charge is 2.31. The number of nitrogens with two attached hydrogens (primary N) is 1. The van der Waals surface area contributed by atoms with E-state index >= 15 is 0 Å². The summed E-state index contributed by atoms with van der Waals surface area (Å²) in [4.78, 5) is 4.89. The van der Waals surface area contributed by atoms with Gasteiger partial charge in [-0.2, -0.15) is 13.2 Å². The standard InChI is InChI=1S/C26H29F3N4/c27-26(28,29)22-11-12-24(23(30)19-22)31-13-14-32-15-17-33(18-16-32)25(20-7-3-1-4-8-20)21-9-5-2-6-10-21/h1-12,19,25,31H,13-18,30H2. The van der Waals surface area contributed by atoms with Gasteiger partial charge >= 0.3 is 6.18 Å². The van der Waals surface area contributed by atoms with Crippen molar-refractivity contribution >= 4 is 11.4 Å². The van der Waals surface area contributed by atoms with Crippen LogP contribution in [0.1, 0.15) is 22.7 Å². The fraction of sp³-hybridized carbons (Fsp3) is 0.308. The minimum atomic E-state index is -4.39. The van der Waals surface area contributed by atoms with E-state index in [0.717, 1.165) is 44.9 Å². The van der Waals surface area contributed by atoms with E-state index in [-0.39, 0.29) is 11.7 Å². The first kappa shape index (κ1) is 23.1. The minimum Gasteiger partial charge on any atom is -0.397 e. The molecule has 0 bridgehead atoms. The lowest BCUT2D eigenvalue weighted by atomic mass is 9.96. The summed E-state index contributed by atoms with van der Waals surface area (Å²) in [5.41, 5.74) is 8.32. The first-order valence-corrected chi connectivity index (χ1v) is 11.2. The van der Waals surface area contributed by atoms with Crippen LogP contribution in [0.15, 0.2) is 78.9 Å². The van der Waals surface area contributed by atoms with Gasteiger partial charge in [0.15, 0.2) is 0 Å². The quantitative estimate of drug-likeness (QED) is 0.487. The molecule has 0 radical (unpaired) electrons. The maximum absolute atomic E-state index is 12.8. The molecule has 3 aromatic carbocycles. The fourth-order valence-corrected chi connectivity index (χ4v) is 4.38. The van der Waals surface area contributed by atoms with E-state index in [0.29, 0.717) is 12.2 Å². The summed E-state index contributed by atoms with van der Waals surface area (Å²) in [5.74, 6) is 0. The second-order valence-electron chi connectivity index (χ2n) is 8.33. The van der Waals surface area contributed by atoms with Crippen LogP contribution in [-0.2, 0) is 6.18 Å². The monoisotopic (exact) mass is 454 g/mol. The number of nitrogens with one attached hydrogen (secondary N) is 1. The molecule has 174 valence electrons. The number of anilines is 2. The van der Waals surface area contributed by atoms with Crippen molar-refractivity contribution in [3.05, 3.63) is 95.6 Å². The third kappa shape index (κ3) is 5.86. The predicted octanol–water partition coefficient (Wildman–Crippen LogP) is 5.11. The second-order valence-corrected chi connectivity index (χ2v) is 8.33. The minimum absolute atomic E-state index is 0.114. The molecule has 4 nitrogen and oxygen atoms in total. The van der Waals surface area contributed by atoms with Crippen molar-refractivity contribution in [3.63, 3.8) is 0 Å². The lowest BCUT2D eigenvalue weighted by molar-refractivity contribution is -0.137. The molecule has 3 N–H and O–H groups in total. The van der Waals surface area contributed by atoms with Crippen molar-refractivity contribution in [3.8, 4) is 0 Å². The highest BCUT2D eigenvalue weighted by molar-refractivity contribution is 5.67. The van der Waals surface area contributed by atoms with Crippen molar-refractivity contribution in [1.82, 2.24) is 9.80 Å². The topological polar surface area (TPSA) is 44.5 Å². The number of nitrogens with zero attached hydrogens (tertiary/aromatic N) is 2. The van der Waals surface area contributed by atoms with Gasteiger partial charge in [0.05, 0.1) is 23.0 Å². The van der Waals surface area contributed by atoms with E-state index in [1.54, 1.807) is 0 Å². The van der Waals surface area contributed by atoms with Crippen LogP contribution < -0.4 is 11.1 Å². The summed E-state index contributed by atoms with van der Waals surface area (Å²) in [5, 5.41) is 3.18. The third-order valence-electron chi connectivity index (χ3n) is 6.13. The zero-order chi connectivity index (χ0) is 23.3. The Labute approximate surface area is 192 Å². The first-order valence-electron chi connectivity index (χ1n) is 11.2. The van der Waals surface area contributed by atoms with E-state index in [1.807, 2.05) is 12.1 Å². The van der Waals surface area contributed by atoms with E-state index in [1.165, 1.54) is 17.2 Å². The largest absolute Gasteiger partial charge is 0.416 e. The summed E-state index contributed by atoms with van der Waals surface area (Å²) in [6.45, 7) is 5.17. The first-order chi connectivity index (χ1) is 15.9. The van der Waals surface area contributed by atoms with Gasteiger partial charge in [0.1, 0.15) is 0 Å². The molecule has 1 fully saturated rings. The van der Waals surface area contributed by atoms with Crippen LogP contribution in [0.2, 0.25) is 0 Å². The molecule has 0 saturated carbocycles. The summed E-state index contributed by atoms with van der Waals surface area (Å²) in [7, 11) is 0. The van der Waals surface area contributed by atoms with E-state index in [9.17, 15) is 13.2 Å². The van der Waals surface area contributed by atoms with Gasteiger partial charge in [-0.05, 0) is 29.3 Å². The molecule has 0 amide bonds. The Morgan fingerprint density at radius 1 is 0.818 bits per heavy atom. The van der Waals surface area contributed by atoms with Crippen LogP contribution in [0.3, 0.4) is 0 Å². The summed E-state index contributed by atoms with van der Waals surface area (Å²) in [6.07, 6.45) is -4.39. The van der Waals surface area contributed by atoms with Crippen LogP contribution in [-0.4, -0.2) is 49.1 Å². The zero-order valence-electron chi connectivity index (χ0n) is 18.4. The number of hydrogen-bond donors (Lipinski definition) is 2. The normalized spacial score (nSPS) is 15.6. The Morgan fingerprint density at radius 3 is 1.91 bits per heavy atom. The van der Waals surface area contributed by atoms with E-state index in [4.69, 9.17) is 5.73 Å². The number of hydrogen-bond acceptors (Lipinski definition) is 4. The Bertz CT molecular complexity index is 977. The van der Waals surface area contributed by atoms with Gasteiger partial charge in [-0.3, -0.25) is 9.80 Å². The number of alkyl halides is 3. The maximum atomic E-state index is 12.8. The molecule has 0 aromatic heterocycles. The number of benzene rings is 3. The molecule has 0 atom stereocenters. The van der Waals surface area contributed by atoms with Gasteiger partial charge in [-0.15, -0.1) is 0 Å². The van der Waals surface area contributed by atoms with Crippen molar-refractivity contribution in [2.24, 2.45) is 0 Å². The fourth-order valence-electron chi connectivity index (χ4n) is 4.38. The van der Waals surface area contributed by atoms with Crippen LogP contribution in [0.5, 0.6) is 0 Å². The molecule has 33 heavy (non-hydrogen) atoms. The van der Waals surface area contributed by atoms with Crippen molar-refractivity contribution < 1.29 is 13.2 Å². The molecule has 0 unspecified atom stereocenters. The van der Waals surface area contributed by atoms with Crippen LogP contribution >= 0.6 is 0 Å². The number of halogens is 3. The second kappa shape index (κ2) is 10.3. The summed E-state index contributed by atoms with van der Waals surface area (Å²) in [6, 6.07) is 24.8. The lowest BCUT2D eigenvalue weighted by Gasteiger charge is -2.40. The third-order valence-corrected chi connectivity index (χ3v) is 6.13. The van der Waals surface area contributed by atoms with Crippen LogP contribution in [0.25, 0.3) is 0 Å². The molecule has 1 aliphatic heterocycles. The number of nitrogen functional groups attached to an aromatic ring is 1. The molecule has 4 rings (SSSR count). The highest BCUT2D eigenvalue weighted by Crippen LogP contribution is 2.33. The molecule has 1 aliphatic rings. The summed E-state index contributed by atoms with van der Waals surface area (Å²) < 4.78 is 38.4. The summed E-state index contributed by atoms with van der Waals surface area (Å²) >= 11 is 0. The molecule has 1 heterocycles.